The molecule has 2 N–H and O–H groups in total. The summed E-state index contributed by atoms with van der Waals surface area (Å²) in [5.41, 5.74) is 1.32. The van der Waals surface area contributed by atoms with Crippen LogP contribution in [0.4, 0.5) is 4.39 Å². The van der Waals surface area contributed by atoms with Crippen molar-refractivity contribution in [2.75, 3.05) is 6.54 Å². The fourth-order valence-electron chi connectivity index (χ4n) is 1.34. The predicted octanol–water partition coefficient (Wildman–Crippen LogP) is 2.17. The van der Waals surface area contributed by atoms with Gasteiger partial charge in [0.05, 0.1) is 6.10 Å². The van der Waals surface area contributed by atoms with E-state index in [4.69, 9.17) is 0 Å². The molecule has 0 heterocycles. The van der Waals surface area contributed by atoms with Crippen LogP contribution in [0.5, 0.6) is 0 Å². The van der Waals surface area contributed by atoms with Gasteiger partial charge in [0.1, 0.15) is 5.82 Å². The Morgan fingerprint density at radius 2 is 2.07 bits per heavy atom. The van der Waals surface area contributed by atoms with E-state index in [9.17, 15) is 9.50 Å². The molecule has 0 aliphatic carbocycles. The number of hydrogen-bond donors (Lipinski definition) is 2. The lowest BCUT2D eigenvalue weighted by molar-refractivity contribution is 0.171. The van der Waals surface area contributed by atoms with E-state index in [1.54, 1.807) is 19.1 Å². The van der Waals surface area contributed by atoms with E-state index in [0.717, 1.165) is 5.56 Å². The van der Waals surface area contributed by atoms with Gasteiger partial charge in [-0.2, -0.15) is 0 Å². The van der Waals surface area contributed by atoms with E-state index < -0.39 is 6.10 Å². The van der Waals surface area contributed by atoms with Gasteiger partial charge in [0.15, 0.2) is 0 Å². The lowest BCUT2D eigenvalue weighted by atomic mass is 10.1. The molecule has 0 saturated heterocycles. The SMILES string of the molecule is Cc1cc(C(O)CNC(C)C)ccc1F. The Hall–Kier alpha value is -0.930. The molecule has 0 bridgehead atoms. The highest BCUT2D eigenvalue weighted by Gasteiger charge is 2.09. The molecule has 0 radical (unpaired) electrons. The molecule has 3 heteroatoms. The molecule has 1 aromatic carbocycles. The summed E-state index contributed by atoms with van der Waals surface area (Å²) in [5, 5.41) is 12.9. The first kappa shape index (κ1) is 12.1. The number of nitrogens with one attached hydrogen (secondary N) is 1. The van der Waals surface area contributed by atoms with E-state index in [1.807, 2.05) is 13.8 Å². The molecular weight excluding hydrogens is 193 g/mol. The highest BCUT2D eigenvalue weighted by molar-refractivity contribution is 5.25. The molecule has 0 aliphatic rings. The summed E-state index contributed by atoms with van der Waals surface area (Å²) < 4.78 is 13.0. The van der Waals surface area contributed by atoms with Crippen molar-refractivity contribution in [3.63, 3.8) is 0 Å². The van der Waals surface area contributed by atoms with Crippen LogP contribution in [0, 0.1) is 12.7 Å². The van der Waals surface area contributed by atoms with Crippen LogP contribution in [0.3, 0.4) is 0 Å². The summed E-state index contributed by atoms with van der Waals surface area (Å²) in [6.07, 6.45) is -0.577. The van der Waals surface area contributed by atoms with Gasteiger partial charge in [-0.15, -0.1) is 0 Å². The molecule has 84 valence electrons. The van der Waals surface area contributed by atoms with Gasteiger partial charge in [-0.25, -0.2) is 4.39 Å². The summed E-state index contributed by atoms with van der Waals surface area (Å²) in [6, 6.07) is 5.03. The Morgan fingerprint density at radius 1 is 1.40 bits per heavy atom. The maximum absolute atomic E-state index is 13.0. The van der Waals surface area contributed by atoms with Gasteiger partial charge in [-0.1, -0.05) is 26.0 Å². The average Bonchev–Trinajstić information content (AvgIpc) is 2.18. The maximum atomic E-state index is 13.0. The molecule has 0 aromatic heterocycles. The maximum Gasteiger partial charge on any atom is 0.126 e. The zero-order valence-electron chi connectivity index (χ0n) is 9.42. The van der Waals surface area contributed by atoms with Crippen LogP contribution in [-0.2, 0) is 0 Å². The monoisotopic (exact) mass is 211 g/mol. The van der Waals surface area contributed by atoms with Gasteiger partial charge in [0.25, 0.3) is 0 Å². The third-order valence-corrected chi connectivity index (χ3v) is 2.29. The normalized spacial score (nSPS) is 13.2. The van der Waals surface area contributed by atoms with Crippen molar-refractivity contribution in [3.05, 3.63) is 35.1 Å². The van der Waals surface area contributed by atoms with Crippen LogP contribution >= 0.6 is 0 Å². The van der Waals surface area contributed by atoms with Gasteiger partial charge < -0.3 is 10.4 Å². The van der Waals surface area contributed by atoms with Gasteiger partial charge in [-0.3, -0.25) is 0 Å². The van der Waals surface area contributed by atoms with Crippen molar-refractivity contribution in [2.45, 2.75) is 32.9 Å². The number of rotatable bonds is 4. The minimum atomic E-state index is -0.577. The van der Waals surface area contributed by atoms with Gasteiger partial charge >= 0.3 is 0 Å². The van der Waals surface area contributed by atoms with E-state index in [0.29, 0.717) is 18.2 Å². The Kier molecular flexibility index (Phi) is 4.24. The molecule has 1 rings (SSSR count). The second kappa shape index (κ2) is 5.24. The number of aryl methyl sites for hydroxylation is 1. The molecule has 0 spiro atoms. The summed E-state index contributed by atoms with van der Waals surface area (Å²) in [4.78, 5) is 0. The Labute approximate surface area is 90.1 Å². The fourth-order valence-corrected chi connectivity index (χ4v) is 1.34. The van der Waals surface area contributed by atoms with Crippen LogP contribution in [0.2, 0.25) is 0 Å². The molecule has 1 atom stereocenters. The van der Waals surface area contributed by atoms with Gasteiger partial charge in [-0.05, 0) is 24.1 Å². The van der Waals surface area contributed by atoms with Crippen molar-refractivity contribution >= 4 is 0 Å². The first-order valence-corrected chi connectivity index (χ1v) is 5.18. The molecule has 0 saturated carbocycles. The van der Waals surface area contributed by atoms with Gasteiger partial charge in [0, 0.05) is 12.6 Å². The van der Waals surface area contributed by atoms with Crippen molar-refractivity contribution in [3.8, 4) is 0 Å². The van der Waals surface area contributed by atoms with Crippen molar-refractivity contribution < 1.29 is 9.50 Å². The van der Waals surface area contributed by atoms with Crippen LogP contribution in [0.15, 0.2) is 18.2 Å². The number of benzene rings is 1. The number of hydrogen-bond acceptors (Lipinski definition) is 2. The first-order valence-electron chi connectivity index (χ1n) is 5.18. The first-order chi connectivity index (χ1) is 7.00. The quantitative estimate of drug-likeness (QED) is 0.800. The molecule has 0 aliphatic heterocycles. The van der Waals surface area contributed by atoms with E-state index in [1.165, 1.54) is 6.07 Å². The number of halogens is 1. The molecular formula is C12H18FNO. The molecule has 2 nitrogen and oxygen atoms in total. The Bertz CT molecular complexity index is 325. The summed E-state index contributed by atoms with van der Waals surface area (Å²) in [5.74, 6) is -0.234. The smallest absolute Gasteiger partial charge is 0.126 e. The van der Waals surface area contributed by atoms with Crippen LogP contribution in [0.1, 0.15) is 31.1 Å². The fraction of sp³-hybridized carbons (Fsp3) is 0.500. The molecule has 15 heavy (non-hydrogen) atoms. The highest BCUT2D eigenvalue weighted by atomic mass is 19.1. The topological polar surface area (TPSA) is 32.3 Å². The van der Waals surface area contributed by atoms with Crippen LogP contribution in [-0.4, -0.2) is 17.7 Å². The second-order valence-electron chi connectivity index (χ2n) is 4.09. The minimum absolute atomic E-state index is 0.234. The zero-order chi connectivity index (χ0) is 11.4. The minimum Gasteiger partial charge on any atom is -0.387 e. The molecule has 1 unspecified atom stereocenters. The zero-order valence-corrected chi connectivity index (χ0v) is 9.42. The van der Waals surface area contributed by atoms with E-state index >= 15 is 0 Å². The molecule has 0 fully saturated rings. The second-order valence-corrected chi connectivity index (χ2v) is 4.09. The largest absolute Gasteiger partial charge is 0.387 e. The van der Waals surface area contributed by atoms with E-state index in [2.05, 4.69) is 5.32 Å². The Balaban J connectivity index is 2.65. The molecule has 0 amide bonds. The van der Waals surface area contributed by atoms with E-state index in [-0.39, 0.29) is 5.82 Å². The van der Waals surface area contributed by atoms with Crippen LogP contribution in [0.25, 0.3) is 0 Å². The molecule has 1 aromatic rings. The van der Waals surface area contributed by atoms with Crippen molar-refractivity contribution in [2.24, 2.45) is 0 Å². The number of aliphatic hydroxyl groups is 1. The third kappa shape index (κ3) is 3.61. The standard InChI is InChI=1S/C12H18FNO/c1-8(2)14-7-12(15)10-4-5-11(13)9(3)6-10/h4-6,8,12,14-15H,7H2,1-3H3. The highest BCUT2D eigenvalue weighted by Crippen LogP contribution is 2.16. The third-order valence-electron chi connectivity index (χ3n) is 2.29. The summed E-state index contributed by atoms with van der Waals surface area (Å²) in [6.45, 7) is 6.22. The average molecular weight is 211 g/mol. The number of aliphatic hydroxyl groups excluding tert-OH is 1. The lowest BCUT2D eigenvalue weighted by Gasteiger charge is -2.14. The summed E-state index contributed by atoms with van der Waals surface area (Å²) >= 11 is 0. The summed E-state index contributed by atoms with van der Waals surface area (Å²) in [7, 11) is 0. The van der Waals surface area contributed by atoms with Gasteiger partial charge in [0.2, 0.25) is 0 Å². The van der Waals surface area contributed by atoms with Crippen LogP contribution < -0.4 is 5.32 Å². The Morgan fingerprint density at radius 3 is 2.60 bits per heavy atom. The van der Waals surface area contributed by atoms with Crippen molar-refractivity contribution in [1.82, 2.24) is 5.32 Å². The predicted molar refractivity (Wildman–Crippen MR) is 59.2 cm³/mol. The van der Waals surface area contributed by atoms with Crippen molar-refractivity contribution in [1.29, 1.82) is 0 Å². The lowest BCUT2D eigenvalue weighted by Crippen LogP contribution is -2.27.